The molecule has 0 aromatic carbocycles. The van der Waals surface area contributed by atoms with Crippen LogP contribution in [0.4, 0.5) is 6.01 Å². The molecule has 2 N–H and O–H groups in total. The largest absolute Gasteiger partial charge is 0.407 e. The average molecular weight is 258 g/mol. The number of hydrogen-bond acceptors (Lipinski definition) is 7. The predicted molar refractivity (Wildman–Crippen MR) is 67.4 cm³/mol. The van der Waals surface area contributed by atoms with Gasteiger partial charge in [-0.25, -0.2) is 0 Å². The molecule has 0 fully saturated rings. The Morgan fingerprint density at radius 2 is 2.17 bits per heavy atom. The van der Waals surface area contributed by atoms with E-state index in [1.165, 1.54) is 0 Å². The number of nitrogens with one attached hydrogen (secondary N) is 1. The zero-order valence-electron chi connectivity index (χ0n) is 11.4. The number of aliphatic hydroxyl groups is 1. The van der Waals surface area contributed by atoms with Crippen molar-refractivity contribution in [3.8, 4) is 0 Å². The molecule has 0 aliphatic carbocycles. The van der Waals surface area contributed by atoms with E-state index in [0.717, 1.165) is 6.54 Å². The maximum Gasteiger partial charge on any atom is 0.318 e. The first kappa shape index (κ1) is 14.9. The number of anilines is 1. The van der Waals surface area contributed by atoms with Crippen molar-refractivity contribution in [3.05, 3.63) is 5.89 Å². The maximum absolute atomic E-state index is 9.70. The van der Waals surface area contributed by atoms with E-state index < -0.39 is 5.60 Å². The molecule has 1 aromatic rings. The molecule has 104 valence electrons. The summed E-state index contributed by atoms with van der Waals surface area (Å²) in [6, 6.07) is 0.403. The lowest BCUT2D eigenvalue weighted by Crippen LogP contribution is -2.36. The fourth-order valence-corrected chi connectivity index (χ4v) is 1.49. The van der Waals surface area contributed by atoms with E-state index in [9.17, 15) is 5.11 Å². The smallest absolute Gasteiger partial charge is 0.318 e. The van der Waals surface area contributed by atoms with Crippen molar-refractivity contribution in [2.75, 3.05) is 38.8 Å². The number of nitrogens with zero attached hydrogens (tertiary/aromatic N) is 3. The van der Waals surface area contributed by atoms with Gasteiger partial charge in [0.15, 0.2) is 0 Å². The number of likely N-dealkylation sites (N-methyl/N-ethyl adjacent to an activating group) is 1. The van der Waals surface area contributed by atoms with Gasteiger partial charge >= 0.3 is 6.01 Å². The Hall–Kier alpha value is -1.18. The highest BCUT2D eigenvalue weighted by molar-refractivity contribution is 5.22. The Bertz CT molecular complexity index is 348. The second kappa shape index (κ2) is 6.67. The highest BCUT2D eigenvalue weighted by Crippen LogP contribution is 2.13. The Kier molecular flexibility index (Phi) is 5.52. The monoisotopic (exact) mass is 258 g/mol. The number of hydrogen-bond donors (Lipinski definition) is 2. The van der Waals surface area contributed by atoms with Gasteiger partial charge in [-0.1, -0.05) is 5.10 Å². The van der Waals surface area contributed by atoms with Gasteiger partial charge in [0.2, 0.25) is 5.89 Å². The van der Waals surface area contributed by atoms with Crippen molar-refractivity contribution in [2.24, 2.45) is 0 Å². The minimum atomic E-state index is -0.805. The van der Waals surface area contributed by atoms with E-state index in [2.05, 4.69) is 15.5 Å². The number of ether oxygens (including phenoxy) is 1. The highest BCUT2D eigenvalue weighted by atomic mass is 16.5. The summed E-state index contributed by atoms with van der Waals surface area (Å²) in [6.07, 6.45) is 0. The van der Waals surface area contributed by atoms with Gasteiger partial charge in [0.25, 0.3) is 0 Å². The molecule has 18 heavy (non-hydrogen) atoms. The molecule has 0 unspecified atom stereocenters. The van der Waals surface area contributed by atoms with E-state index in [1.807, 2.05) is 0 Å². The molecule has 0 bridgehead atoms. The molecule has 0 saturated carbocycles. The van der Waals surface area contributed by atoms with E-state index in [-0.39, 0.29) is 0 Å². The lowest BCUT2D eigenvalue weighted by molar-refractivity contribution is 0.0874. The average Bonchev–Trinajstić information content (AvgIpc) is 2.71. The molecule has 0 saturated heterocycles. The van der Waals surface area contributed by atoms with Crippen LogP contribution in [0.5, 0.6) is 0 Å². The Labute approximate surface area is 107 Å². The van der Waals surface area contributed by atoms with Crippen molar-refractivity contribution in [3.63, 3.8) is 0 Å². The van der Waals surface area contributed by atoms with Crippen molar-refractivity contribution >= 4 is 6.01 Å². The molecular weight excluding hydrogens is 236 g/mol. The molecule has 0 spiro atoms. The van der Waals surface area contributed by atoms with E-state index >= 15 is 0 Å². The first-order chi connectivity index (χ1) is 8.42. The summed E-state index contributed by atoms with van der Waals surface area (Å²) in [5.74, 6) is 0.517. The van der Waals surface area contributed by atoms with Crippen molar-refractivity contribution < 1.29 is 14.3 Å². The van der Waals surface area contributed by atoms with Gasteiger partial charge in [0, 0.05) is 20.7 Å². The van der Waals surface area contributed by atoms with Gasteiger partial charge in [0.05, 0.1) is 25.3 Å². The first-order valence-corrected chi connectivity index (χ1v) is 5.88. The summed E-state index contributed by atoms with van der Waals surface area (Å²) in [5.41, 5.74) is -0.805. The van der Waals surface area contributed by atoms with Crippen molar-refractivity contribution in [1.29, 1.82) is 0 Å². The third-order valence-corrected chi connectivity index (χ3v) is 2.17. The fraction of sp³-hybridized carbons (Fsp3) is 0.818. The zero-order chi connectivity index (χ0) is 13.6. The van der Waals surface area contributed by atoms with Crippen LogP contribution < -0.4 is 10.2 Å². The molecule has 0 atom stereocenters. The second-order valence-electron chi connectivity index (χ2n) is 4.82. The fourth-order valence-electron chi connectivity index (χ4n) is 1.49. The van der Waals surface area contributed by atoms with Gasteiger partial charge in [-0.05, 0) is 13.8 Å². The Morgan fingerprint density at radius 3 is 2.78 bits per heavy atom. The highest BCUT2D eigenvalue weighted by Gasteiger charge is 2.19. The lowest BCUT2D eigenvalue weighted by atomic mass is 10.1. The normalized spacial score (nSPS) is 11.8. The molecule has 1 heterocycles. The van der Waals surface area contributed by atoms with Crippen LogP contribution in [0, 0.1) is 0 Å². The minimum Gasteiger partial charge on any atom is -0.407 e. The SMILES string of the molecule is COCCNCc1nnc(N(C)CC(C)(C)O)o1. The number of rotatable bonds is 8. The molecule has 0 aliphatic heterocycles. The van der Waals surface area contributed by atoms with Crippen LogP contribution in [0.3, 0.4) is 0 Å². The zero-order valence-corrected chi connectivity index (χ0v) is 11.4. The van der Waals surface area contributed by atoms with Crippen LogP contribution >= 0.6 is 0 Å². The molecular formula is C11H22N4O3. The quantitative estimate of drug-likeness (QED) is 0.635. The summed E-state index contributed by atoms with van der Waals surface area (Å²) in [5, 5.41) is 20.7. The minimum absolute atomic E-state index is 0.403. The predicted octanol–water partition coefficient (Wildman–Crippen LogP) is 0.0127. The molecule has 1 rings (SSSR count). The Morgan fingerprint density at radius 1 is 1.44 bits per heavy atom. The maximum atomic E-state index is 9.70. The number of methoxy groups -OCH3 is 1. The van der Waals surface area contributed by atoms with Gasteiger partial charge in [0.1, 0.15) is 0 Å². The summed E-state index contributed by atoms with van der Waals surface area (Å²) in [7, 11) is 3.45. The van der Waals surface area contributed by atoms with Crippen LogP contribution in [0.15, 0.2) is 4.42 Å². The topological polar surface area (TPSA) is 83.7 Å². The van der Waals surface area contributed by atoms with Crippen molar-refractivity contribution in [1.82, 2.24) is 15.5 Å². The summed E-state index contributed by atoms with van der Waals surface area (Å²) >= 11 is 0. The summed E-state index contributed by atoms with van der Waals surface area (Å²) in [6.45, 7) is 5.76. The van der Waals surface area contributed by atoms with E-state index in [1.54, 1.807) is 32.9 Å². The van der Waals surface area contributed by atoms with Gasteiger partial charge in [-0.2, -0.15) is 0 Å². The van der Waals surface area contributed by atoms with Crippen LogP contribution in [0.25, 0.3) is 0 Å². The standard InChI is InChI=1S/C11H22N4O3/c1-11(2,16)8-15(3)10-14-13-9(18-10)7-12-5-6-17-4/h12,16H,5-8H2,1-4H3. The molecule has 7 heteroatoms. The first-order valence-electron chi connectivity index (χ1n) is 5.88. The van der Waals surface area contributed by atoms with Crippen LogP contribution in [-0.2, 0) is 11.3 Å². The van der Waals surface area contributed by atoms with Crippen LogP contribution in [0.1, 0.15) is 19.7 Å². The van der Waals surface area contributed by atoms with Gasteiger partial charge < -0.3 is 24.5 Å². The molecule has 1 aromatic heterocycles. The van der Waals surface area contributed by atoms with Crippen molar-refractivity contribution in [2.45, 2.75) is 26.0 Å². The lowest BCUT2D eigenvalue weighted by Gasteiger charge is -2.23. The third-order valence-electron chi connectivity index (χ3n) is 2.17. The van der Waals surface area contributed by atoms with E-state index in [0.29, 0.717) is 31.6 Å². The molecule has 0 amide bonds. The summed E-state index contributed by atoms with van der Waals surface area (Å²) < 4.78 is 10.4. The van der Waals surface area contributed by atoms with Crippen LogP contribution in [-0.4, -0.2) is 54.8 Å². The molecule has 0 aliphatic rings. The molecule has 0 radical (unpaired) electrons. The Balaban J connectivity index is 2.42. The van der Waals surface area contributed by atoms with Gasteiger partial charge in [-0.15, -0.1) is 5.10 Å². The van der Waals surface area contributed by atoms with E-state index in [4.69, 9.17) is 9.15 Å². The molecule has 7 nitrogen and oxygen atoms in total. The van der Waals surface area contributed by atoms with Gasteiger partial charge in [-0.3, -0.25) is 0 Å². The summed E-state index contributed by atoms with van der Waals surface area (Å²) in [4.78, 5) is 1.73. The third kappa shape index (κ3) is 5.44. The number of aromatic nitrogens is 2. The van der Waals surface area contributed by atoms with Crippen LogP contribution in [0.2, 0.25) is 0 Å². The second-order valence-corrected chi connectivity index (χ2v) is 4.82.